The van der Waals surface area contributed by atoms with Crippen LogP contribution >= 0.6 is 23.2 Å². The van der Waals surface area contributed by atoms with Gasteiger partial charge >= 0.3 is 0 Å². The third-order valence-corrected chi connectivity index (χ3v) is 3.96. The highest BCUT2D eigenvalue weighted by Crippen LogP contribution is 2.37. The Bertz CT molecular complexity index is 564. The number of hydrogen-bond acceptors (Lipinski definition) is 2. The molecule has 4 heteroatoms. The van der Waals surface area contributed by atoms with Crippen molar-refractivity contribution in [3.05, 3.63) is 58.1 Å². The van der Waals surface area contributed by atoms with E-state index < -0.39 is 0 Å². The molecule has 2 nitrogen and oxygen atoms in total. The Labute approximate surface area is 123 Å². The predicted molar refractivity (Wildman–Crippen MR) is 84.1 cm³/mol. The summed E-state index contributed by atoms with van der Waals surface area (Å²) in [5.41, 5.74) is 8.56. The Morgan fingerprint density at radius 2 is 1.63 bits per heavy atom. The fraction of sp³-hybridized carbons (Fsp3) is 0.200. The molecule has 19 heavy (non-hydrogen) atoms. The average molecular weight is 295 g/mol. The normalized spacial score (nSPS) is 12.2. The van der Waals surface area contributed by atoms with Crippen LogP contribution in [0.1, 0.15) is 18.5 Å². The van der Waals surface area contributed by atoms with E-state index in [1.165, 1.54) is 0 Å². The molecule has 0 aliphatic heterocycles. The summed E-state index contributed by atoms with van der Waals surface area (Å²) in [4.78, 5) is 2.04. The van der Waals surface area contributed by atoms with Crippen LogP contribution in [-0.2, 0) is 0 Å². The molecule has 1 unspecified atom stereocenters. The molecule has 0 spiro atoms. The highest BCUT2D eigenvalue weighted by molar-refractivity contribution is 6.34. The maximum Gasteiger partial charge on any atom is 0.0791 e. The van der Waals surface area contributed by atoms with E-state index in [0.29, 0.717) is 10.7 Å². The number of nitrogen functional groups attached to an aromatic ring is 1. The van der Waals surface area contributed by atoms with Crippen molar-refractivity contribution in [1.82, 2.24) is 0 Å². The van der Waals surface area contributed by atoms with Gasteiger partial charge in [-0.25, -0.2) is 0 Å². The van der Waals surface area contributed by atoms with E-state index in [-0.39, 0.29) is 6.04 Å². The van der Waals surface area contributed by atoms with Crippen LogP contribution in [-0.4, -0.2) is 7.05 Å². The second-order valence-corrected chi connectivity index (χ2v) is 5.30. The predicted octanol–water partition coefficient (Wildman–Crippen LogP) is 4.77. The van der Waals surface area contributed by atoms with Gasteiger partial charge < -0.3 is 10.6 Å². The first-order chi connectivity index (χ1) is 9.02. The molecule has 0 fully saturated rings. The molecule has 0 saturated heterocycles. The highest BCUT2D eigenvalue weighted by Gasteiger charge is 2.18. The molecule has 0 aliphatic carbocycles. The third kappa shape index (κ3) is 2.80. The molecule has 0 aliphatic rings. The monoisotopic (exact) mass is 294 g/mol. The average Bonchev–Trinajstić information content (AvgIpc) is 2.38. The third-order valence-electron chi connectivity index (χ3n) is 3.31. The van der Waals surface area contributed by atoms with Crippen LogP contribution in [0.5, 0.6) is 0 Å². The smallest absolute Gasteiger partial charge is 0.0791 e. The summed E-state index contributed by atoms with van der Waals surface area (Å²) in [5.74, 6) is 0. The molecule has 1 atom stereocenters. The number of anilines is 2. The van der Waals surface area contributed by atoms with Crippen molar-refractivity contribution in [3.8, 4) is 0 Å². The van der Waals surface area contributed by atoms with Crippen LogP contribution in [0.4, 0.5) is 11.4 Å². The molecule has 0 amide bonds. The zero-order valence-corrected chi connectivity index (χ0v) is 12.4. The van der Waals surface area contributed by atoms with Crippen molar-refractivity contribution in [2.45, 2.75) is 13.0 Å². The van der Waals surface area contributed by atoms with Gasteiger partial charge in [-0.15, -0.1) is 0 Å². The van der Waals surface area contributed by atoms with Gasteiger partial charge in [-0.3, -0.25) is 0 Å². The van der Waals surface area contributed by atoms with E-state index in [1.807, 2.05) is 54.4 Å². The van der Waals surface area contributed by atoms with Crippen molar-refractivity contribution in [2.75, 3.05) is 17.7 Å². The lowest BCUT2D eigenvalue weighted by Crippen LogP contribution is -2.23. The molecule has 0 saturated carbocycles. The number of nitrogens with zero attached hydrogens (tertiary/aromatic N) is 1. The largest absolute Gasteiger partial charge is 0.397 e. The van der Waals surface area contributed by atoms with Crippen LogP contribution in [0.3, 0.4) is 0 Å². The maximum absolute atomic E-state index is 6.24. The number of hydrogen-bond donors (Lipinski definition) is 1. The van der Waals surface area contributed by atoms with Gasteiger partial charge in [0, 0.05) is 12.1 Å². The van der Waals surface area contributed by atoms with Crippen LogP contribution < -0.4 is 10.6 Å². The lowest BCUT2D eigenvalue weighted by Gasteiger charge is -2.29. The van der Waals surface area contributed by atoms with Gasteiger partial charge in [-0.1, -0.05) is 47.5 Å². The van der Waals surface area contributed by atoms with Crippen LogP contribution in [0.2, 0.25) is 10.0 Å². The second kappa shape index (κ2) is 5.72. The number of benzene rings is 2. The van der Waals surface area contributed by atoms with Crippen LogP contribution in [0.25, 0.3) is 0 Å². The number of rotatable bonds is 3. The van der Waals surface area contributed by atoms with Crippen LogP contribution in [0.15, 0.2) is 42.5 Å². The topological polar surface area (TPSA) is 29.3 Å². The summed E-state index contributed by atoms with van der Waals surface area (Å²) in [6.45, 7) is 2.07. The first kappa shape index (κ1) is 14.0. The minimum absolute atomic E-state index is 0.0795. The SMILES string of the molecule is CC(c1ccccc1Cl)N(C)c1c(N)cccc1Cl. The molecule has 2 rings (SSSR count). The van der Waals surface area contributed by atoms with Crippen molar-refractivity contribution < 1.29 is 0 Å². The van der Waals surface area contributed by atoms with E-state index in [4.69, 9.17) is 28.9 Å². The molecule has 2 N–H and O–H groups in total. The zero-order chi connectivity index (χ0) is 14.0. The summed E-state index contributed by atoms with van der Waals surface area (Å²) < 4.78 is 0. The van der Waals surface area contributed by atoms with Gasteiger partial charge in [-0.2, -0.15) is 0 Å². The Hall–Kier alpha value is -1.38. The summed E-state index contributed by atoms with van der Waals surface area (Å²) >= 11 is 12.5. The van der Waals surface area contributed by atoms with Crippen LogP contribution in [0, 0.1) is 0 Å². The van der Waals surface area contributed by atoms with E-state index in [1.54, 1.807) is 0 Å². The number of para-hydroxylation sites is 1. The van der Waals surface area contributed by atoms with Crippen molar-refractivity contribution >= 4 is 34.6 Å². The first-order valence-electron chi connectivity index (χ1n) is 6.03. The number of nitrogens with two attached hydrogens (primary N) is 1. The fourth-order valence-electron chi connectivity index (χ4n) is 2.12. The second-order valence-electron chi connectivity index (χ2n) is 4.49. The van der Waals surface area contributed by atoms with Gasteiger partial charge in [0.1, 0.15) is 0 Å². The van der Waals surface area contributed by atoms with Crippen molar-refractivity contribution in [1.29, 1.82) is 0 Å². The molecular formula is C15H16Cl2N2. The molecule has 2 aromatic rings. The lowest BCUT2D eigenvalue weighted by molar-refractivity contribution is 0.741. The van der Waals surface area contributed by atoms with Gasteiger partial charge in [0.25, 0.3) is 0 Å². The summed E-state index contributed by atoms with van der Waals surface area (Å²) in [6, 6.07) is 13.4. The Morgan fingerprint density at radius 1 is 1.00 bits per heavy atom. The molecule has 0 aromatic heterocycles. The Kier molecular flexibility index (Phi) is 4.23. The van der Waals surface area contributed by atoms with Gasteiger partial charge in [0.15, 0.2) is 0 Å². The molecular weight excluding hydrogens is 279 g/mol. The summed E-state index contributed by atoms with van der Waals surface area (Å²) in [5, 5.41) is 1.38. The molecule has 0 radical (unpaired) electrons. The first-order valence-corrected chi connectivity index (χ1v) is 6.79. The van der Waals surface area contributed by atoms with E-state index in [9.17, 15) is 0 Å². The van der Waals surface area contributed by atoms with Crippen molar-refractivity contribution in [3.63, 3.8) is 0 Å². The lowest BCUT2D eigenvalue weighted by atomic mass is 10.1. The van der Waals surface area contributed by atoms with E-state index >= 15 is 0 Å². The van der Waals surface area contributed by atoms with Gasteiger partial charge in [0.05, 0.1) is 22.4 Å². The maximum atomic E-state index is 6.24. The minimum Gasteiger partial charge on any atom is -0.397 e. The zero-order valence-electron chi connectivity index (χ0n) is 10.9. The Balaban J connectivity index is 2.39. The fourth-order valence-corrected chi connectivity index (χ4v) is 2.73. The standard InChI is InChI=1S/C15H16Cl2N2/c1-10(11-6-3-4-7-12(11)16)19(2)15-13(17)8-5-9-14(15)18/h3-10H,18H2,1-2H3. The summed E-state index contributed by atoms with van der Waals surface area (Å²) in [6.07, 6.45) is 0. The molecule has 100 valence electrons. The minimum atomic E-state index is 0.0795. The van der Waals surface area contributed by atoms with E-state index in [0.717, 1.165) is 16.3 Å². The Morgan fingerprint density at radius 3 is 2.26 bits per heavy atom. The molecule has 0 heterocycles. The quantitative estimate of drug-likeness (QED) is 0.826. The summed E-state index contributed by atoms with van der Waals surface area (Å²) in [7, 11) is 1.96. The highest BCUT2D eigenvalue weighted by atomic mass is 35.5. The molecule has 2 aromatic carbocycles. The van der Waals surface area contributed by atoms with Gasteiger partial charge in [-0.05, 0) is 30.7 Å². The van der Waals surface area contributed by atoms with E-state index in [2.05, 4.69) is 6.92 Å². The van der Waals surface area contributed by atoms with Crippen molar-refractivity contribution in [2.24, 2.45) is 0 Å². The number of halogens is 2. The molecule has 0 bridgehead atoms. The van der Waals surface area contributed by atoms with Gasteiger partial charge in [0.2, 0.25) is 0 Å².